The highest BCUT2D eigenvalue weighted by Gasteiger charge is 2.16. The summed E-state index contributed by atoms with van der Waals surface area (Å²) in [7, 11) is -0.748. The molecule has 1 aliphatic carbocycles. The number of hydrogen-bond donors (Lipinski definition) is 0. The van der Waals surface area contributed by atoms with Crippen LogP contribution in [-0.2, 0) is 4.43 Å². The molecule has 0 aliphatic heterocycles. The fourth-order valence-electron chi connectivity index (χ4n) is 1.97. The van der Waals surface area contributed by atoms with Crippen LogP contribution >= 0.6 is 0 Å². The Morgan fingerprint density at radius 2 is 1.75 bits per heavy atom. The normalized spacial score (nSPS) is 19.2. The van der Waals surface area contributed by atoms with Gasteiger partial charge in [-0.2, -0.15) is 0 Å². The molecule has 72 valence electrons. The molecular weight excluding hydrogens is 164 g/mol. The second kappa shape index (κ2) is 5.76. The summed E-state index contributed by atoms with van der Waals surface area (Å²) in [5.41, 5.74) is 0. The van der Waals surface area contributed by atoms with Crippen molar-refractivity contribution in [3.63, 3.8) is 0 Å². The molecule has 1 nitrogen and oxygen atoms in total. The van der Waals surface area contributed by atoms with E-state index in [4.69, 9.17) is 4.43 Å². The molecule has 0 radical (unpaired) electrons. The molecule has 0 aromatic heterocycles. The zero-order chi connectivity index (χ0) is 8.81. The van der Waals surface area contributed by atoms with Crippen LogP contribution in [0.1, 0.15) is 39.5 Å². The third kappa shape index (κ3) is 3.28. The van der Waals surface area contributed by atoms with E-state index in [2.05, 4.69) is 13.8 Å². The summed E-state index contributed by atoms with van der Waals surface area (Å²) in [6.45, 7) is 5.63. The van der Waals surface area contributed by atoms with Crippen molar-refractivity contribution >= 4 is 9.04 Å². The summed E-state index contributed by atoms with van der Waals surface area (Å²) in [6, 6.07) is 2.62. The van der Waals surface area contributed by atoms with Crippen LogP contribution < -0.4 is 0 Å². The first-order valence-electron chi connectivity index (χ1n) is 5.48. The van der Waals surface area contributed by atoms with Gasteiger partial charge >= 0.3 is 0 Å². The fraction of sp³-hybridized carbons (Fsp3) is 1.00. The monoisotopic (exact) mass is 186 g/mol. The second-order valence-corrected chi connectivity index (χ2v) is 7.13. The Labute approximate surface area is 78.2 Å². The lowest BCUT2D eigenvalue weighted by Crippen LogP contribution is -2.19. The minimum absolute atomic E-state index is 0.748. The molecule has 2 heteroatoms. The van der Waals surface area contributed by atoms with Gasteiger partial charge < -0.3 is 4.43 Å². The van der Waals surface area contributed by atoms with Crippen molar-refractivity contribution in [3.8, 4) is 0 Å². The van der Waals surface area contributed by atoms with Crippen LogP contribution in [0.2, 0.25) is 12.1 Å². The number of rotatable bonds is 5. The van der Waals surface area contributed by atoms with Crippen LogP contribution in [0.4, 0.5) is 0 Å². The van der Waals surface area contributed by atoms with E-state index in [0.29, 0.717) is 0 Å². The summed E-state index contributed by atoms with van der Waals surface area (Å²) in [5, 5.41) is 0. The maximum atomic E-state index is 5.96. The largest absolute Gasteiger partial charge is 0.420 e. The quantitative estimate of drug-likeness (QED) is 0.600. The molecule has 0 atom stereocenters. The van der Waals surface area contributed by atoms with E-state index < -0.39 is 9.04 Å². The Hall–Kier alpha value is 0.177. The van der Waals surface area contributed by atoms with Gasteiger partial charge in [-0.15, -0.1) is 0 Å². The molecule has 12 heavy (non-hydrogen) atoms. The SMILES string of the molecule is CC[SiH](CC)OCC1CCCC1. The average molecular weight is 186 g/mol. The summed E-state index contributed by atoms with van der Waals surface area (Å²) in [4.78, 5) is 0. The minimum atomic E-state index is -0.748. The fourth-order valence-corrected chi connectivity index (χ4v) is 3.57. The predicted molar refractivity (Wildman–Crippen MR) is 56.0 cm³/mol. The maximum Gasteiger partial charge on any atom is 0.176 e. The van der Waals surface area contributed by atoms with Gasteiger partial charge in [0.2, 0.25) is 0 Å². The third-order valence-electron chi connectivity index (χ3n) is 2.95. The Bertz CT molecular complexity index is 104. The first kappa shape index (κ1) is 10.3. The smallest absolute Gasteiger partial charge is 0.176 e. The molecule has 0 aromatic rings. The Kier molecular flexibility index (Phi) is 4.92. The van der Waals surface area contributed by atoms with E-state index in [1.54, 1.807) is 0 Å². The van der Waals surface area contributed by atoms with Gasteiger partial charge in [-0.05, 0) is 30.8 Å². The Morgan fingerprint density at radius 1 is 1.17 bits per heavy atom. The lowest BCUT2D eigenvalue weighted by molar-refractivity contribution is 0.252. The van der Waals surface area contributed by atoms with Gasteiger partial charge in [-0.3, -0.25) is 0 Å². The van der Waals surface area contributed by atoms with Crippen molar-refractivity contribution < 1.29 is 4.43 Å². The Morgan fingerprint density at radius 3 is 2.25 bits per heavy atom. The lowest BCUT2D eigenvalue weighted by atomic mass is 10.1. The lowest BCUT2D eigenvalue weighted by Gasteiger charge is -2.15. The molecule has 1 aliphatic rings. The predicted octanol–water partition coefficient (Wildman–Crippen LogP) is 2.96. The van der Waals surface area contributed by atoms with E-state index in [-0.39, 0.29) is 0 Å². The minimum Gasteiger partial charge on any atom is -0.420 e. The van der Waals surface area contributed by atoms with E-state index in [1.165, 1.54) is 37.8 Å². The molecule has 0 bridgehead atoms. The molecule has 0 N–H and O–H groups in total. The highest BCUT2D eigenvalue weighted by atomic mass is 28.3. The van der Waals surface area contributed by atoms with E-state index in [9.17, 15) is 0 Å². The first-order chi connectivity index (χ1) is 5.86. The molecule has 0 saturated heterocycles. The van der Waals surface area contributed by atoms with Crippen LogP contribution in [0.15, 0.2) is 0 Å². The van der Waals surface area contributed by atoms with Gasteiger partial charge in [-0.25, -0.2) is 0 Å². The molecule has 1 saturated carbocycles. The highest BCUT2D eigenvalue weighted by molar-refractivity contribution is 6.51. The molecule has 1 rings (SSSR count). The van der Waals surface area contributed by atoms with E-state index in [0.717, 1.165) is 12.5 Å². The zero-order valence-corrected chi connectivity index (χ0v) is 9.67. The first-order valence-corrected chi connectivity index (χ1v) is 7.58. The van der Waals surface area contributed by atoms with Crippen LogP contribution in [0.5, 0.6) is 0 Å². The van der Waals surface area contributed by atoms with E-state index in [1.807, 2.05) is 0 Å². The zero-order valence-electron chi connectivity index (χ0n) is 8.51. The molecular formula is C10H22OSi. The van der Waals surface area contributed by atoms with Gasteiger partial charge in [0.05, 0.1) is 0 Å². The summed E-state index contributed by atoms with van der Waals surface area (Å²) >= 11 is 0. The molecule has 0 aromatic carbocycles. The highest BCUT2D eigenvalue weighted by Crippen LogP contribution is 2.25. The second-order valence-electron chi connectivity index (χ2n) is 3.92. The van der Waals surface area contributed by atoms with Crippen LogP contribution in [0, 0.1) is 5.92 Å². The average Bonchev–Trinajstić information content (AvgIpc) is 2.59. The molecule has 0 spiro atoms. The third-order valence-corrected chi connectivity index (χ3v) is 5.44. The van der Waals surface area contributed by atoms with Crippen LogP contribution in [0.25, 0.3) is 0 Å². The van der Waals surface area contributed by atoms with Crippen LogP contribution in [-0.4, -0.2) is 15.6 Å². The summed E-state index contributed by atoms with van der Waals surface area (Å²) < 4.78 is 5.96. The molecule has 0 amide bonds. The van der Waals surface area contributed by atoms with Gasteiger partial charge in [0.25, 0.3) is 0 Å². The summed E-state index contributed by atoms with van der Waals surface area (Å²) in [5.74, 6) is 0.915. The van der Waals surface area contributed by atoms with Crippen LogP contribution in [0.3, 0.4) is 0 Å². The van der Waals surface area contributed by atoms with Gasteiger partial charge in [0, 0.05) is 6.61 Å². The van der Waals surface area contributed by atoms with E-state index >= 15 is 0 Å². The van der Waals surface area contributed by atoms with Crippen molar-refractivity contribution in [2.24, 2.45) is 5.92 Å². The maximum absolute atomic E-state index is 5.96. The molecule has 0 unspecified atom stereocenters. The molecule has 1 fully saturated rings. The summed E-state index contributed by atoms with van der Waals surface area (Å²) in [6.07, 6.45) is 5.74. The standard InChI is InChI=1S/C10H22OSi/c1-3-12(4-2)11-9-10-7-5-6-8-10/h10,12H,3-9H2,1-2H3. The van der Waals surface area contributed by atoms with Crippen molar-refractivity contribution in [3.05, 3.63) is 0 Å². The van der Waals surface area contributed by atoms with Gasteiger partial charge in [0.1, 0.15) is 0 Å². The molecule has 0 heterocycles. The van der Waals surface area contributed by atoms with Crippen molar-refractivity contribution in [1.82, 2.24) is 0 Å². The van der Waals surface area contributed by atoms with Crippen molar-refractivity contribution in [1.29, 1.82) is 0 Å². The van der Waals surface area contributed by atoms with Gasteiger partial charge in [0.15, 0.2) is 9.04 Å². The van der Waals surface area contributed by atoms with Crippen molar-refractivity contribution in [2.75, 3.05) is 6.61 Å². The number of hydrogen-bond acceptors (Lipinski definition) is 1. The topological polar surface area (TPSA) is 9.23 Å². The van der Waals surface area contributed by atoms with Gasteiger partial charge in [-0.1, -0.05) is 26.7 Å². The van der Waals surface area contributed by atoms with Crippen molar-refractivity contribution in [2.45, 2.75) is 51.6 Å². The Balaban J connectivity index is 2.06.